The molecular formula is C20H24N4O3. The van der Waals surface area contributed by atoms with Crippen molar-refractivity contribution in [3.8, 4) is 5.69 Å². The van der Waals surface area contributed by atoms with Gasteiger partial charge in [0.2, 0.25) is 5.91 Å². The van der Waals surface area contributed by atoms with Crippen molar-refractivity contribution in [1.82, 2.24) is 20.0 Å². The number of rotatable bonds is 5. The minimum Gasteiger partial charge on any atom is -0.387 e. The van der Waals surface area contributed by atoms with Crippen LogP contribution in [0.2, 0.25) is 0 Å². The molecule has 1 saturated heterocycles. The number of hydrogen-bond acceptors (Lipinski definition) is 4. The van der Waals surface area contributed by atoms with Crippen LogP contribution >= 0.6 is 0 Å². The van der Waals surface area contributed by atoms with Gasteiger partial charge in [-0.1, -0.05) is 6.07 Å². The van der Waals surface area contributed by atoms with E-state index in [0.29, 0.717) is 12.1 Å². The van der Waals surface area contributed by atoms with E-state index >= 15 is 0 Å². The summed E-state index contributed by atoms with van der Waals surface area (Å²) in [6, 6.07) is 7.34. The van der Waals surface area contributed by atoms with Gasteiger partial charge in [0.25, 0.3) is 5.91 Å². The highest BCUT2D eigenvalue weighted by atomic mass is 16.3. The van der Waals surface area contributed by atoms with Gasteiger partial charge in [-0.2, -0.15) is 5.10 Å². The van der Waals surface area contributed by atoms with Gasteiger partial charge in [-0.3, -0.25) is 9.59 Å². The molecular weight excluding hydrogens is 344 g/mol. The first-order chi connectivity index (χ1) is 13.0. The number of likely N-dealkylation sites (tertiary alicyclic amines) is 1. The summed E-state index contributed by atoms with van der Waals surface area (Å²) < 4.78 is 1.75. The number of amides is 2. The maximum absolute atomic E-state index is 12.9. The van der Waals surface area contributed by atoms with E-state index in [0.717, 1.165) is 36.9 Å². The van der Waals surface area contributed by atoms with Gasteiger partial charge in [0, 0.05) is 18.3 Å². The lowest BCUT2D eigenvalue weighted by molar-refractivity contribution is -0.135. The number of nitrogens with zero attached hydrogens (tertiary/aromatic N) is 3. The standard InChI is InChI=1S/C20H24N4O3/c1-14-11-21-24(12-14)16-5-2-4-15(10-16)19(27)22-20(7-8-20)17-6-3-9-23(17)18(26)13-25/h2,4-5,10-12,17,25H,3,6-9,13H2,1H3,(H,22,27). The highest BCUT2D eigenvalue weighted by Gasteiger charge is 2.54. The van der Waals surface area contributed by atoms with Crippen LogP contribution in [-0.4, -0.2) is 56.3 Å². The highest BCUT2D eigenvalue weighted by molar-refractivity contribution is 5.95. The van der Waals surface area contributed by atoms with Gasteiger partial charge in [-0.15, -0.1) is 0 Å². The molecule has 2 aliphatic rings. The van der Waals surface area contributed by atoms with Crippen LogP contribution in [0.4, 0.5) is 0 Å². The fraction of sp³-hybridized carbons (Fsp3) is 0.450. The van der Waals surface area contributed by atoms with E-state index in [2.05, 4.69) is 10.4 Å². The van der Waals surface area contributed by atoms with Crippen molar-refractivity contribution in [2.75, 3.05) is 13.2 Å². The molecule has 1 aromatic carbocycles. The molecule has 2 aromatic rings. The highest BCUT2D eigenvalue weighted by Crippen LogP contribution is 2.45. The van der Waals surface area contributed by atoms with Crippen molar-refractivity contribution in [1.29, 1.82) is 0 Å². The fourth-order valence-corrected chi connectivity index (χ4v) is 4.05. The third-order valence-electron chi connectivity index (χ3n) is 5.58. The molecule has 2 fully saturated rings. The minimum atomic E-state index is -0.480. The molecule has 2 N–H and O–H groups in total. The molecule has 142 valence electrons. The number of aliphatic hydroxyl groups excluding tert-OH is 1. The molecule has 7 heteroatoms. The lowest BCUT2D eigenvalue weighted by atomic mass is 10.0. The van der Waals surface area contributed by atoms with Gasteiger partial charge in [0.1, 0.15) is 6.61 Å². The summed E-state index contributed by atoms with van der Waals surface area (Å²) in [6.07, 6.45) is 7.17. The summed E-state index contributed by atoms with van der Waals surface area (Å²) in [7, 11) is 0. The molecule has 2 heterocycles. The van der Waals surface area contributed by atoms with E-state index in [1.54, 1.807) is 21.8 Å². The Balaban J connectivity index is 1.52. The average Bonchev–Trinajstić information content (AvgIpc) is 3.09. The number of aryl methyl sites for hydroxylation is 1. The molecule has 1 saturated carbocycles. The quantitative estimate of drug-likeness (QED) is 0.836. The molecule has 27 heavy (non-hydrogen) atoms. The molecule has 1 unspecified atom stereocenters. The van der Waals surface area contributed by atoms with E-state index < -0.39 is 6.61 Å². The Labute approximate surface area is 158 Å². The van der Waals surface area contributed by atoms with Crippen LogP contribution in [0.5, 0.6) is 0 Å². The number of aromatic nitrogens is 2. The summed E-state index contributed by atoms with van der Waals surface area (Å²) in [6.45, 7) is 2.14. The molecule has 2 amide bonds. The van der Waals surface area contributed by atoms with Crippen LogP contribution in [0.15, 0.2) is 36.7 Å². The van der Waals surface area contributed by atoms with E-state index in [1.807, 2.05) is 31.3 Å². The van der Waals surface area contributed by atoms with Gasteiger partial charge < -0.3 is 15.3 Å². The molecule has 0 bridgehead atoms. The van der Waals surface area contributed by atoms with Crippen molar-refractivity contribution in [3.63, 3.8) is 0 Å². The molecule has 1 aliphatic heterocycles. The second kappa shape index (κ2) is 6.81. The smallest absolute Gasteiger partial charge is 0.251 e. The third kappa shape index (κ3) is 3.35. The maximum Gasteiger partial charge on any atom is 0.251 e. The van der Waals surface area contributed by atoms with E-state index in [4.69, 9.17) is 0 Å². The maximum atomic E-state index is 12.9. The average molecular weight is 368 g/mol. The monoisotopic (exact) mass is 368 g/mol. The van der Waals surface area contributed by atoms with Crippen molar-refractivity contribution in [2.45, 2.75) is 44.2 Å². The third-order valence-corrected chi connectivity index (χ3v) is 5.58. The summed E-state index contributed by atoms with van der Waals surface area (Å²) >= 11 is 0. The van der Waals surface area contributed by atoms with Gasteiger partial charge in [-0.25, -0.2) is 4.68 Å². The Bertz CT molecular complexity index is 872. The SMILES string of the molecule is Cc1cnn(-c2cccc(C(=O)NC3(C4CCCN4C(=O)CO)CC3)c2)c1. The summed E-state index contributed by atoms with van der Waals surface area (Å²) in [5, 5.41) is 16.7. The topological polar surface area (TPSA) is 87.5 Å². The van der Waals surface area contributed by atoms with Crippen molar-refractivity contribution < 1.29 is 14.7 Å². The molecule has 1 aromatic heterocycles. The second-order valence-electron chi connectivity index (χ2n) is 7.53. The second-order valence-corrected chi connectivity index (χ2v) is 7.53. The Morgan fingerprint density at radius 2 is 2.19 bits per heavy atom. The zero-order valence-electron chi connectivity index (χ0n) is 15.4. The Morgan fingerprint density at radius 3 is 2.85 bits per heavy atom. The molecule has 0 radical (unpaired) electrons. The van der Waals surface area contributed by atoms with Crippen LogP contribution in [0.25, 0.3) is 5.69 Å². The van der Waals surface area contributed by atoms with Crippen molar-refractivity contribution in [2.24, 2.45) is 0 Å². The number of benzene rings is 1. The zero-order valence-corrected chi connectivity index (χ0v) is 15.4. The van der Waals surface area contributed by atoms with Gasteiger partial charge >= 0.3 is 0 Å². The van der Waals surface area contributed by atoms with Gasteiger partial charge in [0.15, 0.2) is 0 Å². The summed E-state index contributed by atoms with van der Waals surface area (Å²) in [4.78, 5) is 26.6. The summed E-state index contributed by atoms with van der Waals surface area (Å²) in [5.41, 5.74) is 2.09. The fourth-order valence-electron chi connectivity index (χ4n) is 4.05. The number of carbonyl (C=O) groups is 2. The number of aliphatic hydroxyl groups is 1. The summed E-state index contributed by atoms with van der Waals surface area (Å²) in [5.74, 6) is -0.393. The Kier molecular flexibility index (Phi) is 4.47. The van der Waals surface area contributed by atoms with E-state index in [1.165, 1.54) is 0 Å². The van der Waals surface area contributed by atoms with Crippen LogP contribution in [0, 0.1) is 6.92 Å². The van der Waals surface area contributed by atoms with E-state index in [9.17, 15) is 14.7 Å². The van der Waals surface area contributed by atoms with Gasteiger partial charge in [-0.05, 0) is 56.4 Å². The van der Waals surface area contributed by atoms with Crippen LogP contribution in [0.1, 0.15) is 41.6 Å². The Hall–Kier alpha value is -2.67. The molecule has 1 aliphatic carbocycles. The predicted molar refractivity (Wildman–Crippen MR) is 99.6 cm³/mol. The van der Waals surface area contributed by atoms with E-state index in [-0.39, 0.29) is 23.4 Å². The first-order valence-corrected chi connectivity index (χ1v) is 9.37. The first kappa shape index (κ1) is 17.7. The first-order valence-electron chi connectivity index (χ1n) is 9.37. The van der Waals surface area contributed by atoms with Gasteiger partial charge in [0.05, 0.1) is 23.5 Å². The lowest BCUT2D eigenvalue weighted by Gasteiger charge is -2.32. The minimum absolute atomic E-state index is 0.0296. The molecule has 7 nitrogen and oxygen atoms in total. The van der Waals surface area contributed by atoms with Crippen molar-refractivity contribution in [3.05, 3.63) is 47.8 Å². The van der Waals surface area contributed by atoms with Crippen LogP contribution < -0.4 is 5.32 Å². The molecule has 0 spiro atoms. The Morgan fingerprint density at radius 1 is 1.37 bits per heavy atom. The number of hydrogen-bond donors (Lipinski definition) is 2. The zero-order chi connectivity index (χ0) is 19.0. The largest absolute Gasteiger partial charge is 0.387 e. The van der Waals surface area contributed by atoms with Crippen LogP contribution in [0.3, 0.4) is 0 Å². The normalized spacial score (nSPS) is 20.5. The van der Waals surface area contributed by atoms with Crippen LogP contribution in [-0.2, 0) is 4.79 Å². The molecule has 4 rings (SSSR count). The number of carbonyl (C=O) groups excluding carboxylic acids is 2. The number of nitrogens with one attached hydrogen (secondary N) is 1. The predicted octanol–water partition coefficient (Wildman–Crippen LogP) is 1.43. The molecule has 1 atom stereocenters. The lowest BCUT2D eigenvalue weighted by Crippen LogP contribution is -2.53. The van der Waals surface area contributed by atoms with Crippen molar-refractivity contribution >= 4 is 11.8 Å².